The summed E-state index contributed by atoms with van der Waals surface area (Å²) < 4.78 is 4.17. The Morgan fingerprint density at radius 3 is 2.69 bits per heavy atom. The Morgan fingerprint density at radius 2 is 2.06 bits per heavy atom. The first-order chi connectivity index (χ1) is 7.63. The van der Waals surface area contributed by atoms with Gasteiger partial charge in [-0.3, -0.25) is 4.68 Å². The Bertz CT molecular complexity index is 518. The van der Waals surface area contributed by atoms with E-state index in [4.69, 9.17) is 0 Å². The van der Waals surface area contributed by atoms with Crippen LogP contribution in [0.5, 0.6) is 0 Å². The van der Waals surface area contributed by atoms with Crippen molar-refractivity contribution in [1.82, 2.24) is 9.78 Å². The van der Waals surface area contributed by atoms with Gasteiger partial charge in [0.25, 0.3) is 0 Å². The fraction of sp³-hybridized carbons (Fsp3) is 0.250. The minimum absolute atomic E-state index is 0.869. The Labute approximate surface area is 112 Å². The predicted octanol–water partition coefficient (Wildman–Crippen LogP) is 4.40. The van der Waals surface area contributed by atoms with Gasteiger partial charge in [0, 0.05) is 16.6 Å². The third kappa shape index (κ3) is 2.09. The van der Waals surface area contributed by atoms with Crippen molar-refractivity contribution in [3.63, 3.8) is 0 Å². The normalized spacial score (nSPS) is 10.8. The van der Waals surface area contributed by atoms with Crippen molar-refractivity contribution < 1.29 is 0 Å². The van der Waals surface area contributed by atoms with Gasteiger partial charge >= 0.3 is 0 Å². The highest BCUT2D eigenvalue weighted by atomic mass is 79.9. The van der Waals surface area contributed by atoms with E-state index in [1.54, 1.807) is 0 Å². The summed E-state index contributed by atoms with van der Waals surface area (Å²) in [4.78, 5) is 0. The van der Waals surface area contributed by atoms with Crippen molar-refractivity contribution in [2.45, 2.75) is 20.4 Å². The van der Waals surface area contributed by atoms with Crippen LogP contribution in [0.25, 0.3) is 11.3 Å². The summed E-state index contributed by atoms with van der Waals surface area (Å²) in [6, 6.07) is 8.26. The predicted molar refractivity (Wildman–Crippen MR) is 73.5 cm³/mol. The largest absolute Gasteiger partial charge is 0.264 e. The number of hydrogen-bond acceptors (Lipinski definition) is 1. The topological polar surface area (TPSA) is 17.8 Å². The smallest absolute Gasteiger partial charge is 0.0827 e. The lowest BCUT2D eigenvalue weighted by atomic mass is 10.1. The molecule has 0 spiro atoms. The number of hydrogen-bond donors (Lipinski definition) is 0. The van der Waals surface area contributed by atoms with E-state index in [1.807, 2.05) is 23.7 Å². The summed E-state index contributed by atoms with van der Waals surface area (Å²) in [5, 5.41) is 4.49. The Morgan fingerprint density at radius 1 is 1.31 bits per heavy atom. The molecular formula is C12H12Br2N2. The molecule has 2 rings (SSSR count). The van der Waals surface area contributed by atoms with Crippen LogP contribution in [-0.2, 0) is 6.54 Å². The standard InChI is InChI=1S/C12H12Br2N2/c1-3-16-12(11(14)8(2)15-16)9-5-4-6-10(13)7-9/h4-7H,3H2,1-2H3. The van der Waals surface area contributed by atoms with E-state index in [2.05, 4.69) is 56.0 Å². The monoisotopic (exact) mass is 342 g/mol. The van der Waals surface area contributed by atoms with E-state index in [-0.39, 0.29) is 0 Å². The molecule has 2 aromatic rings. The van der Waals surface area contributed by atoms with Crippen LogP contribution in [0.4, 0.5) is 0 Å². The minimum atomic E-state index is 0.869. The van der Waals surface area contributed by atoms with Crippen LogP contribution in [0.15, 0.2) is 33.2 Å². The van der Waals surface area contributed by atoms with Gasteiger partial charge in [-0.15, -0.1) is 0 Å². The van der Waals surface area contributed by atoms with Crippen molar-refractivity contribution in [3.05, 3.63) is 38.9 Å². The Hall–Kier alpha value is -0.610. The number of benzene rings is 1. The summed E-state index contributed by atoms with van der Waals surface area (Å²) >= 11 is 7.10. The fourth-order valence-corrected chi connectivity index (χ4v) is 2.61. The lowest BCUT2D eigenvalue weighted by Gasteiger charge is -2.05. The molecule has 16 heavy (non-hydrogen) atoms. The van der Waals surface area contributed by atoms with Gasteiger partial charge in [-0.05, 0) is 41.9 Å². The molecule has 0 fully saturated rings. The summed E-state index contributed by atoms with van der Waals surface area (Å²) in [6.07, 6.45) is 0. The van der Waals surface area contributed by atoms with Gasteiger partial charge in [0.1, 0.15) is 0 Å². The van der Waals surface area contributed by atoms with E-state index in [1.165, 1.54) is 5.56 Å². The lowest BCUT2D eigenvalue weighted by molar-refractivity contribution is 0.660. The van der Waals surface area contributed by atoms with Crippen LogP contribution in [0.3, 0.4) is 0 Å². The van der Waals surface area contributed by atoms with E-state index < -0.39 is 0 Å². The van der Waals surface area contributed by atoms with Gasteiger partial charge in [0.05, 0.1) is 15.9 Å². The molecule has 0 saturated carbocycles. The average molecular weight is 344 g/mol. The molecule has 0 atom stereocenters. The van der Waals surface area contributed by atoms with Gasteiger partial charge in [0.15, 0.2) is 0 Å². The molecule has 1 aromatic heterocycles. The molecule has 0 aliphatic carbocycles. The summed E-state index contributed by atoms with van der Waals surface area (Å²) in [5.41, 5.74) is 3.34. The minimum Gasteiger partial charge on any atom is -0.264 e. The van der Waals surface area contributed by atoms with Gasteiger partial charge in [-0.2, -0.15) is 5.10 Å². The van der Waals surface area contributed by atoms with Crippen LogP contribution >= 0.6 is 31.9 Å². The number of aromatic nitrogens is 2. The van der Waals surface area contributed by atoms with Crippen molar-refractivity contribution in [2.24, 2.45) is 0 Å². The third-order valence-corrected chi connectivity index (χ3v) is 3.89. The molecule has 0 bridgehead atoms. The highest BCUT2D eigenvalue weighted by molar-refractivity contribution is 9.11. The Kier molecular flexibility index (Phi) is 3.50. The first kappa shape index (κ1) is 11.9. The van der Waals surface area contributed by atoms with Crippen LogP contribution in [0.2, 0.25) is 0 Å². The molecule has 4 heteroatoms. The Balaban J connectivity index is 2.63. The highest BCUT2D eigenvalue weighted by Crippen LogP contribution is 2.32. The zero-order chi connectivity index (χ0) is 11.7. The molecule has 0 saturated heterocycles. The SMILES string of the molecule is CCn1nc(C)c(Br)c1-c1cccc(Br)c1. The fourth-order valence-electron chi connectivity index (χ4n) is 1.70. The van der Waals surface area contributed by atoms with Gasteiger partial charge in [-0.1, -0.05) is 28.1 Å². The second-order valence-electron chi connectivity index (χ2n) is 3.57. The van der Waals surface area contributed by atoms with Gasteiger partial charge in [-0.25, -0.2) is 0 Å². The van der Waals surface area contributed by atoms with E-state index >= 15 is 0 Å². The van der Waals surface area contributed by atoms with Gasteiger partial charge < -0.3 is 0 Å². The molecule has 0 unspecified atom stereocenters. The van der Waals surface area contributed by atoms with Crippen molar-refractivity contribution >= 4 is 31.9 Å². The third-order valence-electron chi connectivity index (χ3n) is 2.45. The number of aryl methyl sites for hydroxylation is 2. The van der Waals surface area contributed by atoms with Gasteiger partial charge in [0.2, 0.25) is 0 Å². The molecule has 1 aromatic carbocycles. The molecule has 0 N–H and O–H groups in total. The van der Waals surface area contributed by atoms with Crippen molar-refractivity contribution in [2.75, 3.05) is 0 Å². The first-order valence-corrected chi connectivity index (χ1v) is 6.71. The molecule has 2 nitrogen and oxygen atoms in total. The number of nitrogens with zero attached hydrogens (tertiary/aromatic N) is 2. The number of halogens is 2. The lowest BCUT2D eigenvalue weighted by Crippen LogP contribution is -1.99. The van der Waals surface area contributed by atoms with Crippen LogP contribution < -0.4 is 0 Å². The highest BCUT2D eigenvalue weighted by Gasteiger charge is 2.13. The summed E-state index contributed by atoms with van der Waals surface area (Å²) in [5.74, 6) is 0. The van der Waals surface area contributed by atoms with Crippen LogP contribution in [-0.4, -0.2) is 9.78 Å². The maximum atomic E-state index is 4.49. The van der Waals surface area contributed by atoms with E-state index in [9.17, 15) is 0 Å². The maximum absolute atomic E-state index is 4.49. The maximum Gasteiger partial charge on any atom is 0.0827 e. The molecule has 1 heterocycles. The second kappa shape index (κ2) is 4.72. The first-order valence-electron chi connectivity index (χ1n) is 5.12. The van der Waals surface area contributed by atoms with Crippen molar-refractivity contribution in [1.29, 1.82) is 0 Å². The molecule has 84 valence electrons. The van der Waals surface area contributed by atoms with Crippen LogP contribution in [0, 0.1) is 6.92 Å². The zero-order valence-corrected chi connectivity index (χ0v) is 12.3. The van der Waals surface area contributed by atoms with Crippen molar-refractivity contribution in [3.8, 4) is 11.3 Å². The molecule has 0 aliphatic heterocycles. The summed E-state index contributed by atoms with van der Waals surface area (Å²) in [6.45, 7) is 4.98. The molecule has 0 amide bonds. The molecule has 0 radical (unpaired) electrons. The molecular weight excluding hydrogens is 332 g/mol. The second-order valence-corrected chi connectivity index (χ2v) is 5.28. The molecule has 0 aliphatic rings. The quantitative estimate of drug-likeness (QED) is 0.790. The zero-order valence-electron chi connectivity index (χ0n) is 9.17. The van der Waals surface area contributed by atoms with E-state index in [0.29, 0.717) is 0 Å². The average Bonchev–Trinajstić information content (AvgIpc) is 2.55. The van der Waals surface area contributed by atoms with E-state index in [0.717, 1.165) is 26.9 Å². The summed E-state index contributed by atoms with van der Waals surface area (Å²) in [7, 11) is 0. The van der Waals surface area contributed by atoms with Crippen LogP contribution in [0.1, 0.15) is 12.6 Å². The number of rotatable bonds is 2.